The second-order valence-corrected chi connectivity index (χ2v) is 4.15. The standard InChI is InChI=1S/C10H18N4/c1-8-3-2-4-9(8)11-6-5-10-12-7-13-14-10/h7-9,11H,2-6H2,1H3,(H,12,13,14). The molecule has 0 spiro atoms. The number of rotatable bonds is 4. The summed E-state index contributed by atoms with van der Waals surface area (Å²) in [4.78, 5) is 4.09. The van der Waals surface area contributed by atoms with E-state index < -0.39 is 0 Å². The summed E-state index contributed by atoms with van der Waals surface area (Å²) < 4.78 is 0. The molecule has 2 N–H and O–H groups in total. The van der Waals surface area contributed by atoms with Crippen LogP contribution in [-0.2, 0) is 6.42 Å². The molecule has 1 aromatic heterocycles. The van der Waals surface area contributed by atoms with Gasteiger partial charge in [0.15, 0.2) is 0 Å². The quantitative estimate of drug-likeness (QED) is 0.755. The third-order valence-electron chi connectivity index (χ3n) is 3.09. The maximum Gasteiger partial charge on any atom is 0.137 e. The number of nitrogens with zero attached hydrogens (tertiary/aromatic N) is 2. The van der Waals surface area contributed by atoms with E-state index >= 15 is 0 Å². The number of nitrogens with one attached hydrogen (secondary N) is 2. The van der Waals surface area contributed by atoms with Gasteiger partial charge in [-0.2, -0.15) is 5.10 Å². The third-order valence-corrected chi connectivity index (χ3v) is 3.09. The molecule has 0 saturated heterocycles. The van der Waals surface area contributed by atoms with Crippen LogP contribution in [0.5, 0.6) is 0 Å². The van der Waals surface area contributed by atoms with Gasteiger partial charge in [0.25, 0.3) is 0 Å². The Balaban J connectivity index is 1.68. The highest BCUT2D eigenvalue weighted by molar-refractivity contribution is 4.84. The topological polar surface area (TPSA) is 53.6 Å². The molecule has 14 heavy (non-hydrogen) atoms. The molecule has 4 heteroatoms. The lowest BCUT2D eigenvalue weighted by atomic mass is 10.1. The minimum Gasteiger partial charge on any atom is -0.313 e. The fraction of sp³-hybridized carbons (Fsp3) is 0.800. The minimum atomic E-state index is 0.720. The van der Waals surface area contributed by atoms with Crippen LogP contribution < -0.4 is 5.32 Å². The van der Waals surface area contributed by atoms with Gasteiger partial charge in [-0.25, -0.2) is 4.98 Å². The summed E-state index contributed by atoms with van der Waals surface area (Å²) in [6.07, 6.45) is 6.59. The Morgan fingerprint density at radius 1 is 1.57 bits per heavy atom. The number of H-pyrrole nitrogens is 1. The number of hydrogen-bond donors (Lipinski definition) is 2. The molecule has 1 fully saturated rings. The molecule has 0 bridgehead atoms. The van der Waals surface area contributed by atoms with Gasteiger partial charge in [-0.3, -0.25) is 5.10 Å². The molecule has 1 aliphatic carbocycles. The van der Waals surface area contributed by atoms with Crippen molar-refractivity contribution in [3.8, 4) is 0 Å². The highest BCUT2D eigenvalue weighted by Gasteiger charge is 2.22. The largest absolute Gasteiger partial charge is 0.313 e. The maximum atomic E-state index is 4.09. The van der Waals surface area contributed by atoms with Gasteiger partial charge in [-0.05, 0) is 18.8 Å². The van der Waals surface area contributed by atoms with Crippen LogP contribution in [0.25, 0.3) is 0 Å². The first-order chi connectivity index (χ1) is 6.86. The lowest BCUT2D eigenvalue weighted by molar-refractivity contribution is 0.428. The summed E-state index contributed by atoms with van der Waals surface area (Å²) in [6.45, 7) is 3.34. The normalized spacial score (nSPS) is 26.9. The zero-order valence-corrected chi connectivity index (χ0v) is 8.66. The molecule has 2 unspecified atom stereocenters. The molecule has 78 valence electrons. The van der Waals surface area contributed by atoms with E-state index in [0.29, 0.717) is 0 Å². The second-order valence-electron chi connectivity index (χ2n) is 4.15. The van der Waals surface area contributed by atoms with Crippen LogP contribution in [0.1, 0.15) is 32.0 Å². The molecule has 0 aromatic carbocycles. The van der Waals surface area contributed by atoms with E-state index in [1.807, 2.05) is 0 Å². The number of aromatic amines is 1. The van der Waals surface area contributed by atoms with Crippen molar-refractivity contribution >= 4 is 0 Å². The average molecular weight is 194 g/mol. The van der Waals surface area contributed by atoms with E-state index in [2.05, 4.69) is 27.4 Å². The maximum absolute atomic E-state index is 4.09. The molecule has 2 rings (SSSR count). The molecular formula is C10H18N4. The van der Waals surface area contributed by atoms with Crippen LogP contribution in [-0.4, -0.2) is 27.8 Å². The Kier molecular flexibility index (Phi) is 3.14. The van der Waals surface area contributed by atoms with Crippen molar-refractivity contribution in [1.29, 1.82) is 0 Å². The Morgan fingerprint density at radius 2 is 2.50 bits per heavy atom. The first kappa shape index (κ1) is 9.65. The summed E-state index contributed by atoms with van der Waals surface area (Å²) in [5, 5.41) is 10.3. The molecular weight excluding hydrogens is 176 g/mol. The first-order valence-electron chi connectivity index (χ1n) is 5.44. The zero-order valence-electron chi connectivity index (χ0n) is 8.66. The van der Waals surface area contributed by atoms with Crippen LogP contribution in [0, 0.1) is 5.92 Å². The van der Waals surface area contributed by atoms with Gasteiger partial charge < -0.3 is 5.32 Å². The zero-order chi connectivity index (χ0) is 9.80. The summed E-state index contributed by atoms with van der Waals surface area (Å²) in [6, 6.07) is 0.720. The average Bonchev–Trinajstić information content (AvgIpc) is 2.78. The highest BCUT2D eigenvalue weighted by atomic mass is 15.2. The van der Waals surface area contributed by atoms with Gasteiger partial charge in [0.1, 0.15) is 12.2 Å². The van der Waals surface area contributed by atoms with Crippen molar-refractivity contribution in [3.63, 3.8) is 0 Å². The van der Waals surface area contributed by atoms with E-state index in [4.69, 9.17) is 0 Å². The summed E-state index contributed by atoms with van der Waals surface area (Å²) in [7, 11) is 0. The first-order valence-corrected chi connectivity index (χ1v) is 5.44. The van der Waals surface area contributed by atoms with Crippen LogP contribution in [0.15, 0.2) is 6.33 Å². The van der Waals surface area contributed by atoms with Crippen LogP contribution >= 0.6 is 0 Å². The van der Waals surface area contributed by atoms with Gasteiger partial charge in [0.2, 0.25) is 0 Å². The van der Waals surface area contributed by atoms with Gasteiger partial charge in [-0.15, -0.1) is 0 Å². The highest BCUT2D eigenvalue weighted by Crippen LogP contribution is 2.24. The SMILES string of the molecule is CC1CCCC1NCCc1ncn[nH]1. The van der Waals surface area contributed by atoms with Crippen molar-refractivity contribution in [1.82, 2.24) is 20.5 Å². The molecule has 1 heterocycles. The summed E-state index contributed by atoms with van der Waals surface area (Å²) in [5.74, 6) is 1.81. The van der Waals surface area contributed by atoms with Gasteiger partial charge >= 0.3 is 0 Å². The smallest absolute Gasteiger partial charge is 0.137 e. The van der Waals surface area contributed by atoms with E-state index in [1.54, 1.807) is 6.33 Å². The molecule has 1 aliphatic rings. The number of aromatic nitrogens is 3. The lowest BCUT2D eigenvalue weighted by Gasteiger charge is -2.16. The van der Waals surface area contributed by atoms with Crippen LogP contribution in [0.4, 0.5) is 0 Å². The van der Waals surface area contributed by atoms with Crippen molar-refractivity contribution in [2.45, 2.75) is 38.6 Å². The Labute approximate surface area is 84.5 Å². The molecule has 2 atom stereocenters. The van der Waals surface area contributed by atoms with E-state index in [9.17, 15) is 0 Å². The Bertz CT molecular complexity index is 257. The molecule has 1 aromatic rings. The molecule has 0 aliphatic heterocycles. The van der Waals surface area contributed by atoms with Crippen LogP contribution in [0.2, 0.25) is 0 Å². The Morgan fingerprint density at radius 3 is 3.14 bits per heavy atom. The Hall–Kier alpha value is -0.900. The monoisotopic (exact) mass is 194 g/mol. The summed E-state index contributed by atoms with van der Waals surface area (Å²) in [5.41, 5.74) is 0. The van der Waals surface area contributed by atoms with Gasteiger partial charge in [0, 0.05) is 19.0 Å². The molecule has 1 saturated carbocycles. The van der Waals surface area contributed by atoms with Crippen molar-refractivity contribution < 1.29 is 0 Å². The summed E-state index contributed by atoms with van der Waals surface area (Å²) >= 11 is 0. The van der Waals surface area contributed by atoms with Crippen molar-refractivity contribution in [2.24, 2.45) is 5.92 Å². The molecule has 0 radical (unpaired) electrons. The van der Waals surface area contributed by atoms with Gasteiger partial charge in [0.05, 0.1) is 0 Å². The fourth-order valence-corrected chi connectivity index (χ4v) is 2.18. The predicted molar refractivity (Wildman–Crippen MR) is 54.9 cm³/mol. The number of hydrogen-bond acceptors (Lipinski definition) is 3. The molecule has 4 nitrogen and oxygen atoms in total. The predicted octanol–water partition coefficient (Wildman–Crippen LogP) is 1.13. The van der Waals surface area contributed by atoms with E-state index in [0.717, 1.165) is 30.7 Å². The third kappa shape index (κ3) is 2.32. The minimum absolute atomic E-state index is 0.720. The van der Waals surface area contributed by atoms with Crippen molar-refractivity contribution in [2.75, 3.05) is 6.54 Å². The van der Waals surface area contributed by atoms with Gasteiger partial charge in [-0.1, -0.05) is 13.3 Å². The van der Waals surface area contributed by atoms with Crippen molar-refractivity contribution in [3.05, 3.63) is 12.2 Å². The fourth-order valence-electron chi connectivity index (χ4n) is 2.18. The van der Waals surface area contributed by atoms with Crippen LogP contribution in [0.3, 0.4) is 0 Å². The molecule has 0 amide bonds. The van der Waals surface area contributed by atoms with E-state index in [-0.39, 0.29) is 0 Å². The van der Waals surface area contributed by atoms with E-state index in [1.165, 1.54) is 19.3 Å². The second kappa shape index (κ2) is 4.55. The lowest BCUT2D eigenvalue weighted by Crippen LogP contribution is -2.32.